The first-order chi connectivity index (χ1) is 14.9. The number of esters is 1. The number of methoxy groups -OCH3 is 1. The molecule has 0 radical (unpaired) electrons. The Bertz CT molecular complexity index is 1080. The Kier molecular flexibility index (Phi) is 6.05. The van der Waals surface area contributed by atoms with E-state index in [2.05, 4.69) is 21.2 Å². The van der Waals surface area contributed by atoms with Gasteiger partial charge in [0, 0.05) is 39.3 Å². The third-order valence-electron chi connectivity index (χ3n) is 5.77. The number of benzene rings is 1. The molecule has 4 rings (SSSR count). The molecule has 1 aromatic carbocycles. The van der Waals surface area contributed by atoms with E-state index in [0.717, 1.165) is 21.5 Å². The number of Topliss-reactive ketones (excluding diaryl/α,β-unsaturated/α-hetero) is 1. The standard InChI is InChI=1S/C24H24BrNO5/c1-4-30-24(28)21-13(2)26-17-10-14(19-6-5-9-31-19)11-18(27)23(17)22(21)16-12-15(25)7-8-20(16)29-3/h5-9,12,14,22,26H,4,10-11H2,1-3H3. The van der Waals surface area contributed by atoms with Crippen molar-refractivity contribution in [3.63, 3.8) is 0 Å². The zero-order valence-corrected chi connectivity index (χ0v) is 19.2. The predicted octanol–water partition coefficient (Wildman–Crippen LogP) is 4.98. The van der Waals surface area contributed by atoms with Crippen molar-refractivity contribution in [2.24, 2.45) is 0 Å². The summed E-state index contributed by atoms with van der Waals surface area (Å²) in [6.07, 6.45) is 2.56. The predicted molar refractivity (Wildman–Crippen MR) is 119 cm³/mol. The number of ether oxygens (including phenoxy) is 2. The van der Waals surface area contributed by atoms with Crippen molar-refractivity contribution in [1.82, 2.24) is 5.32 Å². The van der Waals surface area contributed by atoms with Crippen LogP contribution in [-0.4, -0.2) is 25.5 Å². The number of allylic oxidation sites excluding steroid dienone is 3. The molecule has 6 nitrogen and oxygen atoms in total. The number of carbonyl (C=O) groups excluding carboxylic acids is 2. The Morgan fingerprint density at radius 3 is 2.77 bits per heavy atom. The SMILES string of the molecule is CCOC(=O)C1=C(C)NC2=C(C(=O)CC(c3ccco3)C2)C1c1cc(Br)ccc1OC. The van der Waals surface area contributed by atoms with Gasteiger partial charge in [-0.15, -0.1) is 0 Å². The van der Waals surface area contributed by atoms with Gasteiger partial charge >= 0.3 is 5.97 Å². The molecule has 2 unspecified atom stereocenters. The van der Waals surface area contributed by atoms with E-state index >= 15 is 0 Å². The summed E-state index contributed by atoms with van der Waals surface area (Å²) >= 11 is 3.52. The fourth-order valence-corrected chi connectivity index (χ4v) is 4.86. The van der Waals surface area contributed by atoms with Gasteiger partial charge < -0.3 is 19.2 Å². The zero-order valence-electron chi connectivity index (χ0n) is 17.7. The molecule has 31 heavy (non-hydrogen) atoms. The fourth-order valence-electron chi connectivity index (χ4n) is 4.49. The van der Waals surface area contributed by atoms with Gasteiger partial charge in [-0.3, -0.25) is 4.79 Å². The summed E-state index contributed by atoms with van der Waals surface area (Å²) in [6, 6.07) is 9.33. The van der Waals surface area contributed by atoms with E-state index in [9.17, 15) is 9.59 Å². The van der Waals surface area contributed by atoms with Crippen LogP contribution in [0, 0.1) is 0 Å². The van der Waals surface area contributed by atoms with Crippen LogP contribution in [0.5, 0.6) is 5.75 Å². The van der Waals surface area contributed by atoms with Crippen LogP contribution in [0.3, 0.4) is 0 Å². The lowest BCUT2D eigenvalue weighted by Gasteiger charge is -2.36. The molecule has 7 heteroatoms. The van der Waals surface area contributed by atoms with Crippen molar-refractivity contribution in [3.8, 4) is 5.75 Å². The summed E-state index contributed by atoms with van der Waals surface area (Å²) < 4.78 is 17.4. The van der Waals surface area contributed by atoms with Gasteiger partial charge in [0.2, 0.25) is 0 Å². The van der Waals surface area contributed by atoms with Crippen LogP contribution in [0.4, 0.5) is 0 Å². The van der Waals surface area contributed by atoms with E-state index in [1.54, 1.807) is 20.3 Å². The van der Waals surface area contributed by atoms with Gasteiger partial charge in [0.1, 0.15) is 11.5 Å². The maximum Gasteiger partial charge on any atom is 0.336 e. The van der Waals surface area contributed by atoms with Gasteiger partial charge in [-0.25, -0.2) is 4.79 Å². The highest BCUT2D eigenvalue weighted by atomic mass is 79.9. The molecule has 1 aliphatic heterocycles. The van der Waals surface area contributed by atoms with E-state index in [1.807, 2.05) is 37.3 Å². The highest BCUT2D eigenvalue weighted by Gasteiger charge is 2.42. The first-order valence-electron chi connectivity index (χ1n) is 10.2. The van der Waals surface area contributed by atoms with Crippen molar-refractivity contribution < 1.29 is 23.5 Å². The number of ketones is 1. The topological polar surface area (TPSA) is 77.8 Å². The molecule has 2 atom stereocenters. The van der Waals surface area contributed by atoms with E-state index in [1.165, 1.54) is 0 Å². The molecule has 2 heterocycles. The number of furan rings is 1. The number of halogens is 1. The molecule has 0 bridgehead atoms. The molecule has 1 aromatic heterocycles. The summed E-state index contributed by atoms with van der Waals surface area (Å²) in [4.78, 5) is 26.5. The molecule has 0 fully saturated rings. The summed E-state index contributed by atoms with van der Waals surface area (Å²) in [5.74, 6) is 0.320. The van der Waals surface area contributed by atoms with Crippen LogP contribution < -0.4 is 10.1 Å². The van der Waals surface area contributed by atoms with Crippen LogP contribution in [-0.2, 0) is 14.3 Å². The average molecular weight is 486 g/mol. The first kappa shape index (κ1) is 21.4. The van der Waals surface area contributed by atoms with Crippen LogP contribution in [0.15, 0.2) is 68.0 Å². The summed E-state index contributed by atoms with van der Waals surface area (Å²) in [7, 11) is 1.58. The zero-order chi connectivity index (χ0) is 22.1. The molecule has 2 aliphatic rings. The molecular formula is C24H24BrNO5. The minimum atomic E-state index is -0.576. The molecule has 2 aromatic rings. The minimum Gasteiger partial charge on any atom is -0.496 e. The number of carbonyl (C=O) groups is 2. The second-order valence-electron chi connectivity index (χ2n) is 7.64. The van der Waals surface area contributed by atoms with Gasteiger partial charge in [-0.05, 0) is 50.6 Å². The van der Waals surface area contributed by atoms with E-state index in [-0.39, 0.29) is 18.3 Å². The number of hydrogen-bond acceptors (Lipinski definition) is 6. The smallest absolute Gasteiger partial charge is 0.336 e. The van der Waals surface area contributed by atoms with E-state index < -0.39 is 11.9 Å². The van der Waals surface area contributed by atoms with Crippen LogP contribution in [0.25, 0.3) is 0 Å². The summed E-state index contributed by atoms with van der Waals surface area (Å²) in [5, 5.41) is 3.33. The molecule has 162 valence electrons. The third-order valence-corrected chi connectivity index (χ3v) is 6.26. The quantitative estimate of drug-likeness (QED) is 0.602. The normalized spacial score (nSPS) is 21.0. The highest BCUT2D eigenvalue weighted by Crippen LogP contribution is 2.48. The van der Waals surface area contributed by atoms with Crippen molar-refractivity contribution >= 4 is 27.7 Å². The Balaban J connectivity index is 1.87. The summed E-state index contributed by atoms with van der Waals surface area (Å²) in [5.41, 5.74) is 3.26. The van der Waals surface area contributed by atoms with Gasteiger partial charge in [0.25, 0.3) is 0 Å². The lowest BCUT2D eigenvalue weighted by molar-refractivity contribution is -0.138. The fraction of sp³-hybridized carbons (Fsp3) is 0.333. The van der Waals surface area contributed by atoms with Gasteiger partial charge in [-0.1, -0.05) is 15.9 Å². The van der Waals surface area contributed by atoms with Gasteiger partial charge in [0.15, 0.2) is 5.78 Å². The largest absolute Gasteiger partial charge is 0.496 e. The molecule has 0 spiro atoms. The molecule has 1 N–H and O–H groups in total. The molecule has 0 amide bonds. The first-order valence-corrected chi connectivity index (χ1v) is 11.0. The van der Waals surface area contributed by atoms with Crippen LogP contribution in [0.1, 0.15) is 49.8 Å². The molecule has 0 saturated carbocycles. The second-order valence-corrected chi connectivity index (χ2v) is 8.56. The van der Waals surface area contributed by atoms with Crippen LogP contribution >= 0.6 is 15.9 Å². The van der Waals surface area contributed by atoms with Crippen molar-refractivity contribution in [2.75, 3.05) is 13.7 Å². The Morgan fingerprint density at radius 2 is 2.10 bits per heavy atom. The lowest BCUT2D eigenvalue weighted by atomic mass is 9.72. The van der Waals surface area contributed by atoms with Crippen molar-refractivity contribution in [3.05, 3.63) is 74.9 Å². The monoisotopic (exact) mass is 485 g/mol. The van der Waals surface area contributed by atoms with E-state index in [4.69, 9.17) is 13.9 Å². The number of dihydropyridines is 1. The third kappa shape index (κ3) is 3.94. The average Bonchev–Trinajstić information content (AvgIpc) is 3.27. The van der Waals surface area contributed by atoms with Gasteiger partial charge in [-0.2, -0.15) is 0 Å². The maximum absolute atomic E-state index is 13.5. The van der Waals surface area contributed by atoms with Crippen molar-refractivity contribution in [1.29, 1.82) is 0 Å². The van der Waals surface area contributed by atoms with Crippen molar-refractivity contribution in [2.45, 2.75) is 38.5 Å². The molecular weight excluding hydrogens is 462 g/mol. The second kappa shape index (κ2) is 8.75. The van der Waals surface area contributed by atoms with Gasteiger partial charge in [0.05, 0.1) is 31.5 Å². The number of nitrogens with one attached hydrogen (secondary N) is 1. The highest BCUT2D eigenvalue weighted by molar-refractivity contribution is 9.10. The number of rotatable bonds is 5. The Labute approximate surface area is 189 Å². The summed E-state index contributed by atoms with van der Waals surface area (Å²) in [6.45, 7) is 3.86. The number of hydrogen-bond donors (Lipinski definition) is 1. The maximum atomic E-state index is 13.5. The van der Waals surface area contributed by atoms with Crippen LogP contribution in [0.2, 0.25) is 0 Å². The lowest BCUT2D eigenvalue weighted by Crippen LogP contribution is -2.36. The minimum absolute atomic E-state index is 0.0172. The molecule has 0 saturated heterocycles. The Hall–Kier alpha value is -2.80. The Morgan fingerprint density at radius 1 is 1.29 bits per heavy atom. The molecule has 1 aliphatic carbocycles. The van der Waals surface area contributed by atoms with E-state index in [0.29, 0.717) is 35.4 Å².